The molecule has 1 amide bonds. The van der Waals surface area contributed by atoms with Gasteiger partial charge < -0.3 is 24.8 Å². The summed E-state index contributed by atoms with van der Waals surface area (Å²) < 4.78 is 11.8. The molecule has 178 valence electrons. The van der Waals surface area contributed by atoms with Crippen molar-refractivity contribution in [3.05, 3.63) is 65.2 Å². The molecular weight excluding hydrogens is 463 g/mol. The Morgan fingerprint density at radius 2 is 1.97 bits per heavy atom. The summed E-state index contributed by atoms with van der Waals surface area (Å²) in [5.74, 6) is 1.15. The van der Waals surface area contributed by atoms with Gasteiger partial charge >= 0.3 is 0 Å². The molecular formula is C25H30Cl2N2O4. The third-order valence-electron chi connectivity index (χ3n) is 5.37. The topological polar surface area (TPSA) is 71.0 Å². The highest BCUT2D eigenvalue weighted by molar-refractivity contribution is 6.42. The summed E-state index contributed by atoms with van der Waals surface area (Å²) in [7, 11) is 0. The number of likely N-dealkylation sites (tertiary alicyclic amines) is 1. The predicted molar refractivity (Wildman–Crippen MR) is 133 cm³/mol. The Morgan fingerprint density at radius 3 is 2.70 bits per heavy atom. The number of allylic oxidation sites excluding steroid dienone is 1. The van der Waals surface area contributed by atoms with Crippen molar-refractivity contribution < 1.29 is 19.4 Å². The molecule has 1 unspecified atom stereocenters. The third-order valence-corrected chi connectivity index (χ3v) is 6.10. The van der Waals surface area contributed by atoms with Gasteiger partial charge in [0.25, 0.3) is 0 Å². The van der Waals surface area contributed by atoms with E-state index in [9.17, 15) is 9.90 Å². The lowest BCUT2D eigenvalue weighted by Crippen LogP contribution is -2.43. The molecule has 0 bridgehead atoms. The molecule has 2 aromatic rings. The number of para-hydroxylation sites is 2. The second-order valence-electron chi connectivity index (χ2n) is 8.03. The highest BCUT2D eigenvalue weighted by Crippen LogP contribution is 2.28. The number of ether oxygens (including phenoxy) is 2. The molecule has 6 nitrogen and oxygen atoms in total. The summed E-state index contributed by atoms with van der Waals surface area (Å²) in [6.45, 7) is 5.91. The van der Waals surface area contributed by atoms with Crippen LogP contribution in [0.1, 0.15) is 25.7 Å². The van der Waals surface area contributed by atoms with Crippen molar-refractivity contribution in [2.24, 2.45) is 0 Å². The van der Waals surface area contributed by atoms with Crippen molar-refractivity contribution in [3.8, 4) is 11.5 Å². The predicted octanol–water partition coefficient (Wildman–Crippen LogP) is 5.18. The van der Waals surface area contributed by atoms with E-state index in [0.717, 1.165) is 25.9 Å². The van der Waals surface area contributed by atoms with E-state index in [-0.39, 0.29) is 18.6 Å². The maximum absolute atomic E-state index is 12.0. The first-order chi connectivity index (χ1) is 15.9. The Kier molecular flexibility index (Phi) is 9.88. The number of nitrogens with zero attached hydrogens (tertiary/aromatic N) is 1. The van der Waals surface area contributed by atoms with Gasteiger partial charge in [0.2, 0.25) is 5.91 Å². The maximum Gasteiger partial charge on any atom is 0.224 e. The lowest BCUT2D eigenvalue weighted by molar-refractivity contribution is -0.116. The minimum absolute atomic E-state index is 0.0996. The van der Waals surface area contributed by atoms with Crippen molar-refractivity contribution >= 4 is 34.8 Å². The number of carbonyl (C=O) groups is 1. The van der Waals surface area contributed by atoms with Crippen molar-refractivity contribution in [2.75, 3.05) is 31.6 Å². The van der Waals surface area contributed by atoms with Crippen molar-refractivity contribution in [1.82, 2.24) is 4.90 Å². The van der Waals surface area contributed by atoms with Gasteiger partial charge in [-0.05, 0) is 43.5 Å². The first kappa shape index (κ1) is 25.4. The summed E-state index contributed by atoms with van der Waals surface area (Å²) in [6.07, 6.45) is 3.85. The van der Waals surface area contributed by atoms with E-state index in [1.165, 1.54) is 0 Å². The van der Waals surface area contributed by atoms with E-state index in [4.69, 9.17) is 32.7 Å². The van der Waals surface area contributed by atoms with Gasteiger partial charge in [0.05, 0.1) is 15.7 Å². The molecule has 0 radical (unpaired) electrons. The smallest absolute Gasteiger partial charge is 0.224 e. The number of halogens is 2. The number of β-amino-alcohol motifs (C(OH)–C–C–N with tert-alkyl or cyclic N) is 1. The number of benzene rings is 2. The Bertz CT molecular complexity index is 932. The molecule has 8 heteroatoms. The molecule has 1 aliphatic heterocycles. The fourth-order valence-corrected chi connectivity index (χ4v) is 3.92. The zero-order chi connectivity index (χ0) is 23.6. The number of hydrogen-bond donors (Lipinski definition) is 2. The lowest BCUT2D eigenvalue weighted by atomic mass is 10.1. The number of carbonyl (C=O) groups excluding carboxylic acids is 1. The number of aliphatic hydroxyl groups excluding tert-OH is 1. The fourth-order valence-electron chi connectivity index (χ4n) is 3.63. The first-order valence-electron chi connectivity index (χ1n) is 11.1. The number of hydrogen-bond acceptors (Lipinski definition) is 5. The average molecular weight is 493 g/mol. The maximum atomic E-state index is 12.0. The van der Waals surface area contributed by atoms with Gasteiger partial charge in [-0.2, -0.15) is 0 Å². The SMILES string of the molecule is C=CCCC(=O)Nc1ccccc1OCC(O)CN1CCC(Oc2ccc(Cl)c(Cl)c2)CC1. The van der Waals surface area contributed by atoms with Crippen LogP contribution < -0.4 is 14.8 Å². The molecule has 0 spiro atoms. The summed E-state index contributed by atoms with van der Waals surface area (Å²) in [6, 6.07) is 12.5. The van der Waals surface area contributed by atoms with Gasteiger partial charge in [0.15, 0.2) is 0 Å². The second kappa shape index (κ2) is 12.8. The van der Waals surface area contributed by atoms with Crippen molar-refractivity contribution in [3.63, 3.8) is 0 Å². The molecule has 1 aliphatic rings. The minimum atomic E-state index is -0.651. The van der Waals surface area contributed by atoms with Crippen LogP contribution in [0.15, 0.2) is 55.1 Å². The van der Waals surface area contributed by atoms with E-state index >= 15 is 0 Å². The number of amides is 1. The summed E-state index contributed by atoms with van der Waals surface area (Å²) in [4.78, 5) is 14.2. The third kappa shape index (κ3) is 8.23. The quantitative estimate of drug-likeness (QED) is 0.422. The molecule has 1 saturated heterocycles. The fraction of sp³-hybridized carbons (Fsp3) is 0.400. The zero-order valence-electron chi connectivity index (χ0n) is 18.5. The van der Waals surface area contributed by atoms with Crippen LogP contribution in [0, 0.1) is 0 Å². The lowest BCUT2D eigenvalue weighted by Gasteiger charge is -2.33. The van der Waals surface area contributed by atoms with Gasteiger partial charge in [-0.15, -0.1) is 6.58 Å². The average Bonchev–Trinajstić information content (AvgIpc) is 2.81. The Labute approximate surface area is 205 Å². The van der Waals surface area contributed by atoms with Crippen LogP contribution in [0.3, 0.4) is 0 Å². The highest BCUT2D eigenvalue weighted by Gasteiger charge is 2.23. The highest BCUT2D eigenvalue weighted by atomic mass is 35.5. The summed E-state index contributed by atoms with van der Waals surface area (Å²) in [5.41, 5.74) is 0.596. The van der Waals surface area contributed by atoms with E-state index < -0.39 is 6.10 Å². The number of aliphatic hydroxyl groups is 1. The molecule has 1 fully saturated rings. The monoisotopic (exact) mass is 492 g/mol. The van der Waals surface area contributed by atoms with Gasteiger partial charge in [-0.3, -0.25) is 4.79 Å². The van der Waals surface area contributed by atoms with E-state index in [1.54, 1.807) is 30.3 Å². The second-order valence-corrected chi connectivity index (χ2v) is 8.84. The van der Waals surface area contributed by atoms with E-state index in [2.05, 4.69) is 16.8 Å². The Balaban J connectivity index is 1.41. The van der Waals surface area contributed by atoms with Gasteiger partial charge in [-0.25, -0.2) is 0 Å². The number of anilines is 1. The van der Waals surface area contributed by atoms with Gasteiger partial charge in [0, 0.05) is 32.1 Å². The van der Waals surface area contributed by atoms with Gasteiger partial charge in [-0.1, -0.05) is 41.4 Å². The first-order valence-corrected chi connectivity index (χ1v) is 11.8. The summed E-state index contributed by atoms with van der Waals surface area (Å²) >= 11 is 12.0. The van der Waals surface area contributed by atoms with Crippen LogP contribution in [0.5, 0.6) is 11.5 Å². The van der Waals surface area contributed by atoms with E-state index in [0.29, 0.717) is 46.6 Å². The zero-order valence-corrected chi connectivity index (χ0v) is 20.0. The Morgan fingerprint density at radius 1 is 1.21 bits per heavy atom. The van der Waals surface area contributed by atoms with Crippen LogP contribution >= 0.6 is 23.2 Å². The van der Waals surface area contributed by atoms with Crippen LogP contribution in [0.2, 0.25) is 10.0 Å². The molecule has 1 heterocycles. The van der Waals surface area contributed by atoms with Crippen molar-refractivity contribution in [1.29, 1.82) is 0 Å². The minimum Gasteiger partial charge on any atom is -0.490 e. The van der Waals surface area contributed by atoms with Crippen LogP contribution in [0.4, 0.5) is 5.69 Å². The normalized spacial score (nSPS) is 15.6. The molecule has 2 N–H and O–H groups in total. The molecule has 33 heavy (non-hydrogen) atoms. The molecule has 3 rings (SSSR count). The standard InChI is InChI=1S/C25H30Cl2N2O4/c1-2-3-8-25(31)28-23-6-4-5-7-24(23)32-17-18(30)16-29-13-11-19(12-14-29)33-20-9-10-21(26)22(27)15-20/h2,4-7,9-10,15,18-19,30H,1,3,8,11-14,16-17H2,(H,28,31). The van der Waals surface area contributed by atoms with Crippen LogP contribution in [-0.4, -0.2) is 54.4 Å². The number of rotatable bonds is 11. The van der Waals surface area contributed by atoms with Crippen molar-refractivity contribution in [2.45, 2.75) is 37.9 Å². The Hall–Kier alpha value is -2.25. The molecule has 1 atom stereocenters. The number of nitrogens with one attached hydrogen (secondary N) is 1. The molecule has 0 saturated carbocycles. The number of piperidine rings is 1. The van der Waals surface area contributed by atoms with Gasteiger partial charge in [0.1, 0.15) is 30.3 Å². The van der Waals surface area contributed by atoms with Crippen LogP contribution in [0.25, 0.3) is 0 Å². The largest absolute Gasteiger partial charge is 0.490 e. The van der Waals surface area contributed by atoms with Crippen LogP contribution in [-0.2, 0) is 4.79 Å². The summed E-state index contributed by atoms with van der Waals surface area (Å²) in [5, 5.41) is 14.3. The van der Waals surface area contributed by atoms with E-state index in [1.807, 2.05) is 18.2 Å². The molecule has 0 aliphatic carbocycles. The molecule has 0 aromatic heterocycles. The molecule has 2 aromatic carbocycles.